The fourth-order valence-corrected chi connectivity index (χ4v) is 3.41. The van der Waals surface area contributed by atoms with Gasteiger partial charge in [0.25, 0.3) is 0 Å². The molecule has 12 heteroatoms. The second-order valence-corrected chi connectivity index (χ2v) is 8.42. The van der Waals surface area contributed by atoms with E-state index in [2.05, 4.69) is 40.3 Å². The van der Waals surface area contributed by atoms with E-state index in [-0.39, 0.29) is 25.0 Å². The number of nitrogens with one attached hydrogen (secondary N) is 2. The number of rotatable bonds is 6. The summed E-state index contributed by atoms with van der Waals surface area (Å²) in [5.41, 5.74) is 8.78. The van der Waals surface area contributed by atoms with Gasteiger partial charge in [0.2, 0.25) is 5.95 Å². The number of nitrogen functional groups attached to an aromatic ring is 1. The Balaban J connectivity index is 0.000000188. The van der Waals surface area contributed by atoms with E-state index in [4.69, 9.17) is 5.73 Å². The maximum atomic E-state index is 12.8. The van der Waals surface area contributed by atoms with E-state index >= 15 is 0 Å². The molecule has 0 fully saturated rings. The molecule has 2 aromatic carbocycles. The van der Waals surface area contributed by atoms with Gasteiger partial charge in [-0.25, -0.2) is 13.8 Å². The molecule has 4 heterocycles. The molecule has 0 aliphatic carbocycles. The number of aromatic nitrogens is 8. The summed E-state index contributed by atoms with van der Waals surface area (Å²) >= 11 is 0. The fraction of sp³-hybridized carbons (Fsp3) is 0.100. The van der Waals surface area contributed by atoms with Crippen molar-refractivity contribution in [2.24, 2.45) is 0 Å². The van der Waals surface area contributed by atoms with Crippen LogP contribution in [0.4, 0.5) is 14.7 Å². The maximum absolute atomic E-state index is 12.8. The van der Waals surface area contributed by atoms with Crippen LogP contribution in [0.3, 0.4) is 0 Å². The molecule has 0 amide bonds. The van der Waals surface area contributed by atoms with Gasteiger partial charge >= 0.3 is 0 Å². The van der Waals surface area contributed by atoms with Gasteiger partial charge in [-0.3, -0.25) is 25.0 Å². The first-order valence-electron chi connectivity index (χ1n) is 12.4. The van der Waals surface area contributed by atoms with Crippen molar-refractivity contribution in [1.29, 1.82) is 0 Å². The van der Waals surface area contributed by atoms with Gasteiger partial charge < -0.3 is 5.73 Å². The molecule has 0 bridgehead atoms. The Hall–Kier alpha value is -5.65. The molecule has 6 rings (SSSR count). The molecule has 0 unspecified atom stereocenters. The molecule has 0 spiro atoms. The number of aryl methyl sites for hydroxylation is 2. The van der Waals surface area contributed by atoms with Gasteiger partial charge in [0.05, 0.1) is 0 Å². The van der Waals surface area contributed by atoms with Crippen LogP contribution in [0.2, 0.25) is 0 Å². The third-order valence-electron chi connectivity index (χ3n) is 5.50. The molecular weight excluding hydrogens is 540 g/mol. The third-order valence-corrected chi connectivity index (χ3v) is 5.50. The number of nitrogens with two attached hydrogens (primary N) is 1. The van der Waals surface area contributed by atoms with E-state index in [1.54, 1.807) is 36.9 Å². The van der Waals surface area contributed by atoms with Crippen LogP contribution in [0.5, 0.6) is 0 Å². The Morgan fingerprint density at radius 3 is 1.81 bits per heavy atom. The van der Waals surface area contributed by atoms with Crippen molar-refractivity contribution >= 4 is 12.2 Å². The minimum atomic E-state index is -0.319. The van der Waals surface area contributed by atoms with Gasteiger partial charge in [0.15, 0.2) is 11.6 Å². The molecule has 42 heavy (non-hydrogen) atoms. The SMILES string of the molecule is C.Fc1ccc(CCc2nc(-c3ccncc3)n[nH]2)cc1.Nc1n[nH]c(-c2ccncc2)n1.O=Cc1ccc(F)cc1. The lowest BCUT2D eigenvalue weighted by molar-refractivity contribution is 0.112. The summed E-state index contributed by atoms with van der Waals surface area (Å²) in [5, 5.41) is 13.5. The molecule has 6 aromatic rings. The zero-order chi connectivity index (χ0) is 28.9. The number of hydrogen-bond acceptors (Lipinski definition) is 8. The van der Waals surface area contributed by atoms with Crippen molar-refractivity contribution in [3.05, 3.63) is 126 Å². The fourth-order valence-electron chi connectivity index (χ4n) is 3.41. The smallest absolute Gasteiger partial charge is 0.239 e. The van der Waals surface area contributed by atoms with Gasteiger partial charge in [-0.1, -0.05) is 19.6 Å². The number of halogens is 2. The van der Waals surface area contributed by atoms with Crippen LogP contribution < -0.4 is 5.73 Å². The van der Waals surface area contributed by atoms with Crippen molar-refractivity contribution in [1.82, 2.24) is 40.3 Å². The number of aldehydes is 1. The number of benzene rings is 2. The quantitative estimate of drug-likeness (QED) is 0.222. The minimum Gasteiger partial charge on any atom is -0.366 e. The number of aromatic amines is 2. The Morgan fingerprint density at radius 2 is 1.26 bits per heavy atom. The highest BCUT2D eigenvalue weighted by atomic mass is 19.1. The molecule has 0 saturated heterocycles. The Labute approximate surface area is 241 Å². The summed E-state index contributed by atoms with van der Waals surface area (Å²) in [7, 11) is 0. The van der Waals surface area contributed by atoms with E-state index in [1.807, 2.05) is 24.3 Å². The maximum Gasteiger partial charge on any atom is 0.239 e. The molecule has 0 saturated carbocycles. The number of pyridine rings is 2. The van der Waals surface area contributed by atoms with Crippen LogP contribution in [0, 0.1) is 11.6 Å². The van der Waals surface area contributed by atoms with Crippen LogP contribution >= 0.6 is 0 Å². The molecule has 4 N–H and O–H groups in total. The molecule has 214 valence electrons. The van der Waals surface area contributed by atoms with Crippen LogP contribution in [-0.2, 0) is 12.8 Å². The average molecular weight is 570 g/mol. The third kappa shape index (κ3) is 9.52. The Bertz CT molecular complexity index is 1620. The average Bonchev–Trinajstić information content (AvgIpc) is 3.68. The molecular formula is C30H29F2N9O. The largest absolute Gasteiger partial charge is 0.366 e. The lowest BCUT2D eigenvalue weighted by Crippen LogP contribution is -1.93. The van der Waals surface area contributed by atoms with Gasteiger partial charge in [0, 0.05) is 47.9 Å². The number of carbonyl (C=O) groups excluding carboxylic acids is 1. The van der Waals surface area contributed by atoms with Crippen LogP contribution in [0.25, 0.3) is 22.8 Å². The zero-order valence-corrected chi connectivity index (χ0v) is 21.7. The monoisotopic (exact) mass is 569 g/mol. The van der Waals surface area contributed by atoms with Crippen molar-refractivity contribution < 1.29 is 13.6 Å². The predicted molar refractivity (Wildman–Crippen MR) is 156 cm³/mol. The standard InChI is InChI=1S/C15H13FN4.C7H5FO.C7H7N5.CH4/c16-13-4-1-11(2-5-13)3-6-14-18-15(20-19-14)12-7-9-17-10-8-12;8-7-3-1-6(5-9)2-4-7;8-7-10-6(11-12-7)5-1-3-9-4-2-5;/h1-2,4-5,7-10H,3,6H2,(H,18,19,20);1-5H;1-4H,(H3,8,10,11,12);1H4. The first-order chi connectivity index (χ1) is 20.0. The second-order valence-electron chi connectivity index (χ2n) is 8.42. The first kappa shape index (κ1) is 30.9. The Morgan fingerprint density at radius 1 is 0.690 bits per heavy atom. The van der Waals surface area contributed by atoms with E-state index in [1.165, 1.54) is 36.4 Å². The highest BCUT2D eigenvalue weighted by Gasteiger charge is 2.06. The minimum absolute atomic E-state index is 0. The Kier molecular flexibility index (Phi) is 11.6. The summed E-state index contributed by atoms with van der Waals surface area (Å²) in [4.78, 5) is 26.3. The number of hydrogen-bond donors (Lipinski definition) is 3. The van der Waals surface area contributed by atoms with Gasteiger partial charge in [-0.05, 0) is 72.6 Å². The predicted octanol–water partition coefficient (Wildman–Crippen LogP) is 5.51. The summed E-state index contributed by atoms with van der Waals surface area (Å²) in [5.74, 6) is 1.87. The number of nitrogens with zero attached hydrogens (tertiary/aromatic N) is 6. The molecule has 0 radical (unpaired) electrons. The number of carbonyl (C=O) groups is 1. The van der Waals surface area contributed by atoms with Crippen LogP contribution in [0.15, 0.2) is 97.6 Å². The van der Waals surface area contributed by atoms with Gasteiger partial charge in [0.1, 0.15) is 23.7 Å². The highest BCUT2D eigenvalue weighted by molar-refractivity contribution is 5.74. The van der Waals surface area contributed by atoms with E-state index in [0.717, 1.165) is 35.4 Å². The van der Waals surface area contributed by atoms with Gasteiger partial charge in [-0.15, -0.1) is 5.10 Å². The summed E-state index contributed by atoms with van der Waals surface area (Å²) in [6.45, 7) is 0. The summed E-state index contributed by atoms with van der Waals surface area (Å²) < 4.78 is 24.9. The van der Waals surface area contributed by atoms with Crippen LogP contribution in [0.1, 0.15) is 29.2 Å². The number of anilines is 1. The van der Waals surface area contributed by atoms with Crippen molar-refractivity contribution in [2.45, 2.75) is 20.3 Å². The van der Waals surface area contributed by atoms with E-state index in [9.17, 15) is 13.6 Å². The molecule has 10 nitrogen and oxygen atoms in total. The normalized spacial score (nSPS) is 9.86. The van der Waals surface area contributed by atoms with Crippen LogP contribution in [-0.4, -0.2) is 46.6 Å². The lowest BCUT2D eigenvalue weighted by Gasteiger charge is -1.98. The summed E-state index contributed by atoms with van der Waals surface area (Å²) in [6, 6.07) is 19.3. The lowest BCUT2D eigenvalue weighted by atomic mass is 10.1. The van der Waals surface area contributed by atoms with E-state index in [0.29, 0.717) is 23.5 Å². The van der Waals surface area contributed by atoms with Crippen molar-refractivity contribution in [3.8, 4) is 22.8 Å². The van der Waals surface area contributed by atoms with E-state index < -0.39 is 0 Å². The number of H-pyrrole nitrogens is 2. The zero-order valence-electron chi connectivity index (χ0n) is 21.7. The highest BCUT2D eigenvalue weighted by Crippen LogP contribution is 2.14. The molecule has 0 atom stereocenters. The van der Waals surface area contributed by atoms with Gasteiger partial charge in [-0.2, -0.15) is 10.1 Å². The summed E-state index contributed by atoms with van der Waals surface area (Å²) in [6.07, 6.45) is 9.02. The van der Waals surface area contributed by atoms with Crippen molar-refractivity contribution in [3.63, 3.8) is 0 Å². The molecule has 0 aliphatic rings. The molecule has 4 aromatic heterocycles. The first-order valence-corrected chi connectivity index (χ1v) is 12.4. The molecule has 0 aliphatic heterocycles. The van der Waals surface area contributed by atoms with Crippen molar-refractivity contribution in [2.75, 3.05) is 5.73 Å². The topological polar surface area (TPSA) is 152 Å². The second kappa shape index (κ2) is 15.8.